The van der Waals surface area contributed by atoms with Gasteiger partial charge in [0.15, 0.2) is 0 Å². The maximum atomic E-state index is 5.49. The summed E-state index contributed by atoms with van der Waals surface area (Å²) in [5.74, 6) is 0. The van der Waals surface area contributed by atoms with Crippen LogP contribution in [0.3, 0.4) is 0 Å². The molecule has 0 aliphatic carbocycles. The van der Waals surface area contributed by atoms with E-state index < -0.39 is 0 Å². The van der Waals surface area contributed by atoms with Crippen molar-refractivity contribution in [2.45, 2.75) is 47.6 Å². The Labute approximate surface area is 111 Å². The highest BCUT2D eigenvalue weighted by Crippen LogP contribution is 2.17. The van der Waals surface area contributed by atoms with Gasteiger partial charge in [0.2, 0.25) is 0 Å². The number of rotatable bonds is 3. The summed E-state index contributed by atoms with van der Waals surface area (Å²) in [7, 11) is 0. The first kappa shape index (κ1) is 16.6. The molecule has 102 valence electrons. The fourth-order valence-electron chi connectivity index (χ4n) is 1.70. The predicted octanol–water partition coefficient (Wildman–Crippen LogP) is 3.75. The minimum Gasteiger partial charge on any atom is -0.330 e. The van der Waals surface area contributed by atoms with Crippen molar-refractivity contribution >= 4 is 10.9 Å². The first-order valence-corrected chi connectivity index (χ1v) is 6.95. The molecule has 1 aromatic heterocycles. The maximum absolute atomic E-state index is 5.49. The van der Waals surface area contributed by atoms with E-state index in [1.807, 2.05) is 51.4 Å². The predicted molar refractivity (Wildman–Crippen MR) is 80.8 cm³/mol. The summed E-state index contributed by atoms with van der Waals surface area (Å²) in [6.45, 7) is 11.7. The molecule has 0 unspecified atom stereocenters. The SMILES string of the molecule is CC.CC.Cc1nn(CCCN)c2ccccc12. The van der Waals surface area contributed by atoms with Gasteiger partial charge in [-0.15, -0.1) is 0 Å². The summed E-state index contributed by atoms with van der Waals surface area (Å²) < 4.78 is 2.04. The number of hydrogen-bond acceptors (Lipinski definition) is 2. The van der Waals surface area contributed by atoms with Gasteiger partial charge in [-0.25, -0.2) is 0 Å². The summed E-state index contributed by atoms with van der Waals surface area (Å²) in [5, 5.41) is 5.73. The molecule has 0 atom stereocenters. The Kier molecular flexibility index (Phi) is 8.93. The monoisotopic (exact) mass is 249 g/mol. The topological polar surface area (TPSA) is 43.8 Å². The normalized spacial score (nSPS) is 9.22. The van der Waals surface area contributed by atoms with E-state index in [-0.39, 0.29) is 0 Å². The molecule has 0 fully saturated rings. The Morgan fingerprint density at radius 1 is 1.11 bits per heavy atom. The zero-order chi connectivity index (χ0) is 14.0. The molecular formula is C15H27N3. The van der Waals surface area contributed by atoms with Crippen molar-refractivity contribution in [2.75, 3.05) is 6.54 Å². The smallest absolute Gasteiger partial charge is 0.0685 e. The Bertz CT molecular complexity index is 432. The van der Waals surface area contributed by atoms with Crippen LogP contribution in [-0.4, -0.2) is 16.3 Å². The first-order chi connectivity index (χ1) is 8.83. The van der Waals surface area contributed by atoms with E-state index in [9.17, 15) is 0 Å². The highest BCUT2D eigenvalue weighted by molar-refractivity contribution is 5.81. The van der Waals surface area contributed by atoms with Crippen LogP contribution in [0.2, 0.25) is 0 Å². The molecule has 3 nitrogen and oxygen atoms in total. The van der Waals surface area contributed by atoms with Crippen molar-refractivity contribution in [1.29, 1.82) is 0 Å². The van der Waals surface area contributed by atoms with Crippen LogP contribution < -0.4 is 5.73 Å². The van der Waals surface area contributed by atoms with Crippen LogP contribution in [-0.2, 0) is 6.54 Å². The van der Waals surface area contributed by atoms with Crippen LogP contribution in [0.15, 0.2) is 24.3 Å². The summed E-state index contributed by atoms with van der Waals surface area (Å²) in [6.07, 6.45) is 0.977. The summed E-state index contributed by atoms with van der Waals surface area (Å²) >= 11 is 0. The summed E-state index contributed by atoms with van der Waals surface area (Å²) in [4.78, 5) is 0. The molecule has 0 saturated carbocycles. The van der Waals surface area contributed by atoms with Gasteiger partial charge in [-0.1, -0.05) is 45.9 Å². The van der Waals surface area contributed by atoms with E-state index in [1.165, 1.54) is 10.9 Å². The van der Waals surface area contributed by atoms with E-state index in [1.54, 1.807) is 0 Å². The zero-order valence-corrected chi connectivity index (χ0v) is 12.4. The molecule has 0 radical (unpaired) electrons. The Hall–Kier alpha value is -1.35. The van der Waals surface area contributed by atoms with Gasteiger partial charge in [0.25, 0.3) is 0 Å². The molecule has 1 heterocycles. The Morgan fingerprint density at radius 2 is 1.72 bits per heavy atom. The molecule has 18 heavy (non-hydrogen) atoms. The standard InChI is InChI=1S/C11H15N3.2C2H6/c1-9-10-5-2-3-6-11(10)14(13-9)8-4-7-12;2*1-2/h2-3,5-6H,4,7-8,12H2,1H3;2*1-2H3. The lowest BCUT2D eigenvalue weighted by atomic mass is 10.2. The average Bonchev–Trinajstić information content (AvgIpc) is 2.78. The zero-order valence-electron chi connectivity index (χ0n) is 12.4. The molecule has 3 heteroatoms. The van der Waals surface area contributed by atoms with Gasteiger partial charge in [0.05, 0.1) is 11.2 Å². The second kappa shape index (κ2) is 9.66. The fourth-order valence-corrected chi connectivity index (χ4v) is 1.70. The fraction of sp³-hybridized carbons (Fsp3) is 0.533. The second-order valence-corrected chi connectivity index (χ2v) is 3.47. The van der Waals surface area contributed by atoms with Crippen LogP contribution in [0.25, 0.3) is 10.9 Å². The van der Waals surface area contributed by atoms with Gasteiger partial charge in [-0.05, 0) is 26.0 Å². The first-order valence-electron chi connectivity index (χ1n) is 6.95. The number of nitrogens with zero attached hydrogens (tertiary/aromatic N) is 2. The quantitative estimate of drug-likeness (QED) is 0.900. The van der Waals surface area contributed by atoms with Gasteiger partial charge in [-0.3, -0.25) is 4.68 Å². The minimum atomic E-state index is 0.716. The van der Waals surface area contributed by atoms with Crippen LogP contribution in [0.1, 0.15) is 39.8 Å². The van der Waals surface area contributed by atoms with E-state index in [0.29, 0.717) is 6.54 Å². The van der Waals surface area contributed by atoms with E-state index >= 15 is 0 Å². The van der Waals surface area contributed by atoms with Gasteiger partial charge in [-0.2, -0.15) is 5.10 Å². The van der Waals surface area contributed by atoms with E-state index in [0.717, 1.165) is 18.7 Å². The number of aromatic nitrogens is 2. The third-order valence-electron chi connectivity index (χ3n) is 2.42. The van der Waals surface area contributed by atoms with E-state index in [2.05, 4.69) is 17.2 Å². The molecule has 1 aromatic carbocycles. The third kappa shape index (κ3) is 4.15. The average molecular weight is 249 g/mol. The molecule has 0 spiro atoms. The number of para-hydroxylation sites is 1. The van der Waals surface area contributed by atoms with Gasteiger partial charge >= 0.3 is 0 Å². The Morgan fingerprint density at radius 3 is 2.33 bits per heavy atom. The Balaban J connectivity index is 0.000000659. The minimum absolute atomic E-state index is 0.716. The van der Waals surface area contributed by atoms with Crippen molar-refractivity contribution < 1.29 is 0 Å². The lowest BCUT2D eigenvalue weighted by molar-refractivity contribution is 0.598. The molecule has 0 saturated heterocycles. The third-order valence-corrected chi connectivity index (χ3v) is 2.42. The van der Waals surface area contributed by atoms with Crippen molar-refractivity contribution in [1.82, 2.24) is 9.78 Å². The van der Waals surface area contributed by atoms with Gasteiger partial charge < -0.3 is 5.73 Å². The maximum Gasteiger partial charge on any atom is 0.0685 e. The van der Waals surface area contributed by atoms with E-state index in [4.69, 9.17) is 5.73 Å². The molecule has 2 aromatic rings. The van der Waals surface area contributed by atoms with Crippen molar-refractivity contribution in [3.8, 4) is 0 Å². The van der Waals surface area contributed by atoms with Gasteiger partial charge in [0, 0.05) is 11.9 Å². The van der Waals surface area contributed by atoms with Crippen molar-refractivity contribution in [2.24, 2.45) is 5.73 Å². The summed E-state index contributed by atoms with van der Waals surface area (Å²) in [5.41, 5.74) is 7.79. The lowest BCUT2D eigenvalue weighted by Gasteiger charge is -2.00. The molecular weight excluding hydrogens is 222 g/mol. The number of fused-ring (bicyclic) bond motifs is 1. The lowest BCUT2D eigenvalue weighted by Crippen LogP contribution is -2.06. The molecule has 0 aliphatic rings. The molecule has 0 aliphatic heterocycles. The molecule has 0 amide bonds. The van der Waals surface area contributed by atoms with Gasteiger partial charge in [0.1, 0.15) is 0 Å². The second-order valence-electron chi connectivity index (χ2n) is 3.47. The molecule has 2 N–H and O–H groups in total. The highest BCUT2D eigenvalue weighted by atomic mass is 15.3. The van der Waals surface area contributed by atoms with Crippen molar-refractivity contribution in [3.05, 3.63) is 30.0 Å². The van der Waals surface area contributed by atoms with Crippen LogP contribution in [0.4, 0.5) is 0 Å². The van der Waals surface area contributed by atoms with Crippen LogP contribution >= 0.6 is 0 Å². The van der Waals surface area contributed by atoms with Crippen LogP contribution in [0.5, 0.6) is 0 Å². The number of hydrogen-bond donors (Lipinski definition) is 1. The number of aryl methyl sites for hydroxylation is 2. The summed E-state index contributed by atoms with van der Waals surface area (Å²) in [6, 6.07) is 8.30. The highest BCUT2D eigenvalue weighted by Gasteiger charge is 2.04. The molecule has 2 rings (SSSR count). The number of nitrogens with two attached hydrogens (primary N) is 1. The molecule has 0 bridgehead atoms. The largest absolute Gasteiger partial charge is 0.330 e. The van der Waals surface area contributed by atoms with Crippen molar-refractivity contribution in [3.63, 3.8) is 0 Å². The van der Waals surface area contributed by atoms with Crippen LogP contribution in [0, 0.1) is 6.92 Å². The number of benzene rings is 1.